The van der Waals surface area contributed by atoms with Crippen LogP contribution in [-0.4, -0.2) is 4.98 Å². The van der Waals surface area contributed by atoms with Crippen LogP contribution in [0.15, 0.2) is 41.1 Å². The predicted molar refractivity (Wildman–Crippen MR) is 59.7 cm³/mol. The van der Waals surface area contributed by atoms with E-state index in [0.717, 1.165) is 17.1 Å². The fraction of sp³-hybridized carbons (Fsp3) is 0.250. The summed E-state index contributed by atoms with van der Waals surface area (Å²) in [5.74, 6) is 0.929. The first-order valence-electron chi connectivity index (χ1n) is 4.99. The first-order valence-corrected chi connectivity index (χ1v) is 4.99. The maximum atomic E-state index is 5.32. The highest BCUT2D eigenvalue weighted by atomic mass is 16.3. The Labute approximate surface area is 89.1 Å². The SMILES string of the molecule is Cc1ncccc1NC(C)c1ccco1. The summed E-state index contributed by atoms with van der Waals surface area (Å²) in [4.78, 5) is 4.22. The van der Waals surface area contributed by atoms with Crippen molar-refractivity contribution in [1.29, 1.82) is 0 Å². The number of nitrogens with zero attached hydrogens (tertiary/aromatic N) is 1. The Morgan fingerprint density at radius 2 is 2.20 bits per heavy atom. The van der Waals surface area contributed by atoms with E-state index in [1.807, 2.05) is 31.2 Å². The molecule has 2 heterocycles. The molecule has 78 valence electrons. The van der Waals surface area contributed by atoms with Crippen LogP contribution in [0.4, 0.5) is 5.69 Å². The highest BCUT2D eigenvalue weighted by Gasteiger charge is 2.08. The quantitative estimate of drug-likeness (QED) is 0.830. The van der Waals surface area contributed by atoms with Crippen molar-refractivity contribution in [3.63, 3.8) is 0 Å². The minimum atomic E-state index is 0.155. The molecule has 0 aliphatic heterocycles. The molecule has 15 heavy (non-hydrogen) atoms. The van der Waals surface area contributed by atoms with Gasteiger partial charge in [-0.2, -0.15) is 0 Å². The molecule has 3 nitrogen and oxygen atoms in total. The zero-order valence-corrected chi connectivity index (χ0v) is 8.90. The van der Waals surface area contributed by atoms with Gasteiger partial charge >= 0.3 is 0 Å². The van der Waals surface area contributed by atoms with Crippen molar-refractivity contribution >= 4 is 5.69 Å². The average Bonchev–Trinajstić information content (AvgIpc) is 2.74. The molecule has 1 N–H and O–H groups in total. The Kier molecular flexibility index (Phi) is 2.72. The van der Waals surface area contributed by atoms with Crippen LogP contribution in [0.1, 0.15) is 24.4 Å². The number of aromatic nitrogens is 1. The predicted octanol–water partition coefficient (Wildman–Crippen LogP) is 3.16. The minimum Gasteiger partial charge on any atom is -0.467 e. The number of hydrogen-bond donors (Lipinski definition) is 1. The average molecular weight is 202 g/mol. The van der Waals surface area contributed by atoms with Gasteiger partial charge in [-0.3, -0.25) is 4.98 Å². The highest BCUT2D eigenvalue weighted by Crippen LogP contribution is 2.20. The van der Waals surface area contributed by atoms with E-state index < -0.39 is 0 Å². The van der Waals surface area contributed by atoms with Crippen LogP contribution >= 0.6 is 0 Å². The first-order chi connectivity index (χ1) is 7.27. The lowest BCUT2D eigenvalue weighted by Crippen LogP contribution is -2.07. The molecule has 0 aliphatic rings. The maximum absolute atomic E-state index is 5.32. The number of pyridine rings is 1. The first kappa shape index (κ1) is 9.77. The molecule has 0 bridgehead atoms. The largest absolute Gasteiger partial charge is 0.467 e. The zero-order chi connectivity index (χ0) is 10.7. The minimum absolute atomic E-state index is 0.155. The van der Waals surface area contributed by atoms with Crippen LogP contribution in [0.3, 0.4) is 0 Å². The van der Waals surface area contributed by atoms with Crippen LogP contribution in [-0.2, 0) is 0 Å². The second-order valence-corrected chi connectivity index (χ2v) is 3.52. The molecule has 0 fully saturated rings. The van der Waals surface area contributed by atoms with Gasteiger partial charge in [0.15, 0.2) is 0 Å². The molecule has 1 unspecified atom stereocenters. The van der Waals surface area contributed by atoms with Gasteiger partial charge in [0, 0.05) is 6.20 Å². The van der Waals surface area contributed by atoms with Gasteiger partial charge in [0.25, 0.3) is 0 Å². The molecule has 0 saturated heterocycles. The van der Waals surface area contributed by atoms with Crippen molar-refractivity contribution in [1.82, 2.24) is 4.98 Å². The summed E-state index contributed by atoms with van der Waals surface area (Å²) in [6, 6.07) is 7.95. The molecule has 2 aromatic rings. The molecule has 0 aromatic carbocycles. The van der Waals surface area contributed by atoms with Gasteiger partial charge in [0.2, 0.25) is 0 Å². The van der Waals surface area contributed by atoms with Crippen molar-refractivity contribution in [2.45, 2.75) is 19.9 Å². The van der Waals surface area contributed by atoms with Crippen LogP contribution in [0, 0.1) is 6.92 Å². The van der Waals surface area contributed by atoms with E-state index in [4.69, 9.17) is 4.42 Å². The molecule has 0 aliphatic carbocycles. The van der Waals surface area contributed by atoms with Gasteiger partial charge in [0.1, 0.15) is 5.76 Å². The third-order valence-corrected chi connectivity index (χ3v) is 2.35. The van der Waals surface area contributed by atoms with Gasteiger partial charge in [-0.1, -0.05) is 0 Å². The topological polar surface area (TPSA) is 38.1 Å². The summed E-state index contributed by atoms with van der Waals surface area (Å²) in [5, 5.41) is 3.36. The molecule has 0 saturated carbocycles. The number of anilines is 1. The molecule has 3 heteroatoms. The van der Waals surface area contributed by atoms with Crippen LogP contribution in [0.5, 0.6) is 0 Å². The smallest absolute Gasteiger partial charge is 0.125 e. The Hall–Kier alpha value is -1.77. The number of rotatable bonds is 3. The normalized spacial score (nSPS) is 12.4. The third-order valence-electron chi connectivity index (χ3n) is 2.35. The van der Waals surface area contributed by atoms with E-state index in [-0.39, 0.29) is 6.04 Å². The van der Waals surface area contributed by atoms with Crippen molar-refractivity contribution in [2.75, 3.05) is 5.32 Å². The zero-order valence-electron chi connectivity index (χ0n) is 8.90. The van der Waals surface area contributed by atoms with Gasteiger partial charge in [0.05, 0.1) is 23.7 Å². The van der Waals surface area contributed by atoms with Crippen molar-refractivity contribution in [2.24, 2.45) is 0 Å². The standard InChI is InChI=1S/C12H14N2O/c1-9-11(5-3-7-13-9)14-10(2)12-6-4-8-15-12/h3-8,10,14H,1-2H3. The second kappa shape index (κ2) is 4.17. The van der Waals surface area contributed by atoms with Gasteiger partial charge in [-0.05, 0) is 38.1 Å². The molecule has 0 amide bonds. The van der Waals surface area contributed by atoms with E-state index in [1.165, 1.54) is 0 Å². The molecular weight excluding hydrogens is 188 g/mol. The van der Waals surface area contributed by atoms with Crippen molar-refractivity contribution in [3.05, 3.63) is 48.2 Å². The molecule has 2 aromatic heterocycles. The van der Waals surface area contributed by atoms with Crippen LogP contribution in [0.25, 0.3) is 0 Å². The number of nitrogens with one attached hydrogen (secondary N) is 1. The summed E-state index contributed by atoms with van der Waals surface area (Å²) in [7, 11) is 0. The molecule has 1 atom stereocenters. The van der Waals surface area contributed by atoms with E-state index in [1.54, 1.807) is 12.5 Å². The molecule has 2 rings (SSSR count). The van der Waals surface area contributed by atoms with Gasteiger partial charge < -0.3 is 9.73 Å². The summed E-state index contributed by atoms with van der Waals surface area (Å²) in [6.45, 7) is 4.04. The van der Waals surface area contributed by atoms with E-state index in [0.29, 0.717) is 0 Å². The van der Waals surface area contributed by atoms with Gasteiger partial charge in [-0.15, -0.1) is 0 Å². The van der Waals surface area contributed by atoms with E-state index >= 15 is 0 Å². The summed E-state index contributed by atoms with van der Waals surface area (Å²) >= 11 is 0. The van der Waals surface area contributed by atoms with Crippen molar-refractivity contribution in [3.8, 4) is 0 Å². The highest BCUT2D eigenvalue weighted by molar-refractivity contribution is 5.47. The summed E-state index contributed by atoms with van der Waals surface area (Å²) in [6.07, 6.45) is 3.47. The molecular formula is C12H14N2O. The number of furan rings is 1. The lowest BCUT2D eigenvalue weighted by atomic mass is 10.2. The lowest BCUT2D eigenvalue weighted by molar-refractivity contribution is 0.490. The van der Waals surface area contributed by atoms with Gasteiger partial charge in [-0.25, -0.2) is 0 Å². The molecule has 0 spiro atoms. The maximum Gasteiger partial charge on any atom is 0.125 e. The van der Waals surface area contributed by atoms with Crippen LogP contribution in [0.2, 0.25) is 0 Å². The van der Waals surface area contributed by atoms with E-state index in [2.05, 4.69) is 17.2 Å². The Balaban J connectivity index is 2.13. The van der Waals surface area contributed by atoms with Crippen LogP contribution < -0.4 is 5.32 Å². The van der Waals surface area contributed by atoms with Crippen molar-refractivity contribution < 1.29 is 4.42 Å². The fourth-order valence-corrected chi connectivity index (χ4v) is 1.48. The number of hydrogen-bond acceptors (Lipinski definition) is 3. The Bertz CT molecular complexity index is 423. The Morgan fingerprint density at radius 1 is 1.33 bits per heavy atom. The third kappa shape index (κ3) is 2.18. The fourth-order valence-electron chi connectivity index (χ4n) is 1.48. The number of aryl methyl sites for hydroxylation is 1. The molecule has 0 radical (unpaired) electrons. The lowest BCUT2D eigenvalue weighted by Gasteiger charge is -2.13. The Morgan fingerprint density at radius 3 is 2.87 bits per heavy atom. The summed E-state index contributed by atoms with van der Waals surface area (Å²) in [5.41, 5.74) is 2.04. The monoisotopic (exact) mass is 202 g/mol. The summed E-state index contributed by atoms with van der Waals surface area (Å²) < 4.78 is 5.32. The second-order valence-electron chi connectivity index (χ2n) is 3.52. The van der Waals surface area contributed by atoms with E-state index in [9.17, 15) is 0 Å².